The molecular formula is C21H28N2O4. The number of nitrogens with one attached hydrogen (secondary N) is 1. The number of nitrogens with two attached hydrogens (primary N) is 1. The molecule has 0 amide bonds. The third-order valence-corrected chi connectivity index (χ3v) is 4.24. The molecule has 27 heavy (non-hydrogen) atoms. The Morgan fingerprint density at radius 3 is 1.89 bits per heavy atom. The third-order valence-electron chi connectivity index (χ3n) is 4.24. The maximum atomic E-state index is 11.2. The Labute approximate surface area is 160 Å². The Hall–Kier alpha value is -2.86. The summed E-state index contributed by atoms with van der Waals surface area (Å²) in [6.45, 7) is 3.76. The SMILES string of the molecule is CC[C@H](C)[C@H](N)C(=O)O.O=C(O)[C@H](Cc1ccccc1)Nc1ccccc1. The van der Waals surface area contributed by atoms with Crippen LogP contribution >= 0.6 is 0 Å². The molecule has 0 heterocycles. The smallest absolute Gasteiger partial charge is 0.326 e. The summed E-state index contributed by atoms with van der Waals surface area (Å²) in [5.74, 6) is -1.69. The van der Waals surface area contributed by atoms with Crippen molar-refractivity contribution in [3.63, 3.8) is 0 Å². The van der Waals surface area contributed by atoms with Crippen LogP contribution in [0.25, 0.3) is 0 Å². The van der Waals surface area contributed by atoms with Crippen molar-refractivity contribution in [3.8, 4) is 0 Å². The van der Waals surface area contributed by atoms with Crippen molar-refractivity contribution in [2.75, 3.05) is 5.32 Å². The summed E-state index contributed by atoms with van der Waals surface area (Å²) in [7, 11) is 0. The average Bonchev–Trinajstić information content (AvgIpc) is 2.68. The van der Waals surface area contributed by atoms with Crippen LogP contribution < -0.4 is 11.1 Å². The van der Waals surface area contributed by atoms with Gasteiger partial charge < -0.3 is 21.3 Å². The first-order valence-electron chi connectivity index (χ1n) is 8.91. The normalized spacial score (nSPS) is 13.4. The van der Waals surface area contributed by atoms with E-state index >= 15 is 0 Å². The number of aliphatic carboxylic acids is 2. The fourth-order valence-corrected chi connectivity index (χ4v) is 2.28. The lowest BCUT2D eigenvalue weighted by Crippen LogP contribution is -2.36. The molecule has 0 radical (unpaired) electrons. The Balaban J connectivity index is 0.000000345. The van der Waals surface area contributed by atoms with Crippen LogP contribution in [0.2, 0.25) is 0 Å². The van der Waals surface area contributed by atoms with Gasteiger partial charge in [-0.3, -0.25) is 4.79 Å². The van der Waals surface area contributed by atoms with Crippen LogP contribution in [0, 0.1) is 5.92 Å². The minimum absolute atomic E-state index is 0.0718. The zero-order chi connectivity index (χ0) is 20.2. The van der Waals surface area contributed by atoms with Gasteiger partial charge in [-0.05, 0) is 23.6 Å². The topological polar surface area (TPSA) is 113 Å². The molecule has 2 aromatic carbocycles. The molecule has 0 spiro atoms. The van der Waals surface area contributed by atoms with E-state index in [1.807, 2.05) is 74.5 Å². The van der Waals surface area contributed by atoms with Crippen molar-refractivity contribution in [1.82, 2.24) is 0 Å². The van der Waals surface area contributed by atoms with Gasteiger partial charge in [0.1, 0.15) is 12.1 Å². The van der Waals surface area contributed by atoms with E-state index in [2.05, 4.69) is 5.32 Å². The highest BCUT2D eigenvalue weighted by atomic mass is 16.4. The van der Waals surface area contributed by atoms with E-state index in [0.29, 0.717) is 6.42 Å². The van der Waals surface area contributed by atoms with Gasteiger partial charge in [0.05, 0.1) is 0 Å². The van der Waals surface area contributed by atoms with Gasteiger partial charge in [0.25, 0.3) is 0 Å². The highest BCUT2D eigenvalue weighted by Crippen LogP contribution is 2.11. The molecule has 3 atom stereocenters. The molecule has 5 N–H and O–H groups in total. The van der Waals surface area contributed by atoms with Gasteiger partial charge in [-0.1, -0.05) is 68.8 Å². The molecule has 0 aliphatic heterocycles. The van der Waals surface area contributed by atoms with Crippen LogP contribution in [0.1, 0.15) is 25.8 Å². The van der Waals surface area contributed by atoms with Gasteiger partial charge in [-0.15, -0.1) is 0 Å². The third kappa shape index (κ3) is 8.37. The molecule has 0 aliphatic rings. The molecule has 0 bridgehead atoms. The summed E-state index contributed by atoms with van der Waals surface area (Å²) >= 11 is 0. The lowest BCUT2D eigenvalue weighted by atomic mass is 10.0. The number of benzene rings is 2. The fraction of sp³-hybridized carbons (Fsp3) is 0.333. The van der Waals surface area contributed by atoms with Gasteiger partial charge >= 0.3 is 11.9 Å². The predicted octanol–water partition coefficient (Wildman–Crippen LogP) is 3.24. The van der Waals surface area contributed by atoms with E-state index < -0.39 is 24.0 Å². The van der Waals surface area contributed by atoms with Gasteiger partial charge in [0.15, 0.2) is 0 Å². The first kappa shape index (κ1) is 22.2. The Bertz CT molecular complexity index is 650. The van der Waals surface area contributed by atoms with E-state index in [1.54, 1.807) is 0 Å². The lowest BCUT2D eigenvalue weighted by Gasteiger charge is -2.15. The monoisotopic (exact) mass is 372 g/mol. The van der Waals surface area contributed by atoms with Gasteiger partial charge in [0.2, 0.25) is 0 Å². The van der Waals surface area contributed by atoms with Crippen molar-refractivity contribution >= 4 is 17.6 Å². The van der Waals surface area contributed by atoms with Crippen LogP contribution in [0.4, 0.5) is 5.69 Å². The fourth-order valence-electron chi connectivity index (χ4n) is 2.28. The molecular weight excluding hydrogens is 344 g/mol. The molecule has 6 nitrogen and oxygen atoms in total. The molecule has 0 saturated heterocycles. The summed E-state index contributed by atoms with van der Waals surface area (Å²) in [5.41, 5.74) is 7.10. The number of carbonyl (C=O) groups is 2. The zero-order valence-electron chi connectivity index (χ0n) is 15.7. The lowest BCUT2D eigenvalue weighted by molar-refractivity contribution is -0.140. The number of carboxylic acid groups (broad SMARTS) is 2. The van der Waals surface area contributed by atoms with Crippen LogP contribution in [0.3, 0.4) is 0 Å². The second kappa shape index (κ2) is 11.7. The Morgan fingerprint density at radius 1 is 0.963 bits per heavy atom. The molecule has 0 aromatic heterocycles. The molecule has 0 unspecified atom stereocenters. The number of para-hydroxylation sites is 1. The van der Waals surface area contributed by atoms with E-state index in [4.69, 9.17) is 10.8 Å². The maximum Gasteiger partial charge on any atom is 0.326 e. The summed E-state index contributed by atoms with van der Waals surface area (Å²) in [6, 6.07) is 17.7. The first-order valence-corrected chi connectivity index (χ1v) is 8.91. The highest BCUT2D eigenvalue weighted by Gasteiger charge is 2.18. The average molecular weight is 372 g/mol. The van der Waals surface area contributed by atoms with Crippen molar-refractivity contribution in [2.45, 2.75) is 38.8 Å². The van der Waals surface area contributed by atoms with Gasteiger partial charge in [-0.25, -0.2) is 4.79 Å². The molecule has 2 rings (SSSR count). The maximum absolute atomic E-state index is 11.2. The van der Waals surface area contributed by atoms with Crippen LogP contribution in [0.5, 0.6) is 0 Å². The minimum Gasteiger partial charge on any atom is -0.480 e. The van der Waals surface area contributed by atoms with E-state index in [0.717, 1.165) is 17.7 Å². The van der Waals surface area contributed by atoms with Crippen molar-refractivity contribution in [3.05, 3.63) is 66.2 Å². The second-order valence-corrected chi connectivity index (χ2v) is 6.34. The molecule has 0 aliphatic carbocycles. The summed E-state index contributed by atoms with van der Waals surface area (Å²) in [6.07, 6.45) is 1.28. The molecule has 0 fully saturated rings. The number of anilines is 1. The number of carboxylic acids is 2. The molecule has 146 valence electrons. The quantitative estimate of drug-likeness (QED) is 0.566. The number of hydrogen-bond acceptors (Lipinski definition) is 4. The molecule has 0 saturated carbocycles. The van der Waals surface area contributed by atoms with Crippen LogP contribution in [-0.4, -0.2) is 34.2 Å². The standard InChI is InChI=1S/C15H15NO2.C6H13NO2/c17-15(18)14(11-12-7-3-1-4-8-12)16-13-9-5-2-6-10-13;1-3-4(2)5(7)6(8)9/h1-10,14,16H,11H2,(H,17,18);4-5H,3,7H2,1-2H3,(H,8,9)/t14-;4-,5-/m00/s1. The molecule has 6 heteroatoms. The highest BCUT2D eigenvalue weighted by molar-refractivity contribution is 5.77. The Morgan fingerprint density at radius 2 is 1.48 bits per heavy atom. The number of hydrogen-bond donors (Lipinski definition) is 4. The Kier molecular flexibility index (Phi) is 9.61. The van der Waals surface area contributed by atoms with Crippen LogP contribution in [0.15, 0.2) is 60.7 Å². The summed E-state index contributed by atoms with van der Waals surface area (Å²) in [4.78, 5) is 21.4. The van der Waals surface area contributed by atoms with E-state index in [-0.39, 0.29) is 5.92 Å². The zero-order valence-corrected chi connectivity index (χ0v) is 15.7. The second-order valence-electron chi connectivity index (χ2n) is 6.34. The molecule has 2 aromatic rings. The largest absolute Gasteiger partial charge is 0.480 e. The van der Waals surface area contributed by atoms with Crippen molar-refractivity contribution < 1.29 is 19.8 Å². The van der Waals surface area contributed by atoms with Gasteiger partial charge in [-0.2, -0.15) is 0 Å². The predicted molar refractivity (Wildman–Crippen MR) is 107 cm³/mol. The van der Waals surface area contributed by atoms with E-state index in [1.165, 1.54) is 0 Å². The van der Waals surface area contributed by atoms with Gasteiger partial charge in [0, 0.05) is 12.1 Å². The van der Waals surface area contributed by atoms with Crippen LogP contribution in [-0.2, 0) is 16.0 Å². The summed E-state index contributed by atoms with van der Waals surface area (Å²) in [5, 5.41) is 20.6. The van der Waals surface area contributed by atoms with Crippen molar-refractivity contribution in [2.24, 2.45) is 11.7 Å². The summed E-state index contributed by atoms with van der Waals surface area (Å²) < 4.78 is 0. The van der Waals surface area contributed by atoms with Crippen molar-refractivity contribution in [1.29, 1.82) is 0 Å². The van der Waals surface area contributed by atoms with E-state index in [9.17, 15) is 14.7 Å². The number of rotatable bonds is 8. The minimum atomic E-state index is -0.913. The first-order chi connectivity index (χ1) is 12.8.